The van der Waals surface area contributed by atoms with Gasteiger partial charge in [0.25, 0.3) is 0 Å². The molecule has 0 spiro atoms. The highest BCUT2D eigenvalue weighted by Crippen LogP contribution is 2.41. The second-order valence-corrected chi connectivity index (χ2v) is 7.15. The number of likely N-dealkylation sites (tertiary alicyclic amines) is 1. The first kappa shape index (κ1) is 19.2. The zero-order valence-corrected chi connectivity index (χ0v) is 15.5. The summed E-state index contributed by atoms with van der Waals surface area (Å²) < 4.78 is 5.19. The number of benzene rings is 1. The highest BCUT2D eigenvalue weighted by molar-refractivity contribution is 8.00. The predicted octanol–water partition coefficient (Wildman–Crippen LogP) is -0.535. The standard InChI is InChI=1S/C17H24N2O3S.ClH/c1-22-15-11-13(5-6-14(15)20)17-19(16(21)12-23-17)10-9-18-7-3-2-4-8-18;/h5-6,11,17,20H,2-4,7-10,12H2,1H3;1H/p-1. The van der Waals surface area contributed by atoms with Gasteiger partial charge in [-0.15, -0.1) is 11.8 Å². The molecular weight excluding hydrogens is 348 g/mol. The number of piperidine rings is 1. The minimum absolute atomic E-state index is 0. The molecule has 2 saturated heterocycles. The zero-order valence-electron chi connectivity index (χ0n) is 13.9. The quantitative estimate of drug-likeness (QED) is 0.753. The number of halogens is 1. The highest BCUT2D eigenvalue weighted by Gasteiger charge is 2.33. The van der Waals surface area contributed by atoms with Crippen molar-refractivity contribution in [2.24, 2.45) is 0 Å². The lowest BCUT2D eigenvalue weighted by molar-refractivity contribution is -0.128. The van der Waals surface area contributed by atoms with Crippen molar-refractivity contribution in [1.82, 2.24) is 9.80 Å². The molecule has 0 aromatic heterocycles. The van der Waals surface area contributed by atoms with Gasteiger partial charge in [-0.25, -0.2) is 0 Å². The second kappa shape index (κ2) is 8.83. The minimum atomic E-state index is 0. The molecule has 2 fully saturated rings. The molecule has 3 rings (SSSR count). The Morgan fingerprint density at radius 3 is 2.71 bits per heavy atom. The highest BCUT2D eigenvalue weighted by atomic mass is 35.5. The first-order chi connectivity index (χ1) is 11.2. The SMILES string of the molecule is COc1cc(C2SCC(=O)N2CCN2CCCCC2)ccc1O.[Cl-]. The molecule has 1 N–H and O–H groups in total. The van der Waals surface area contributed by atoms with Crippen molar-refractivity contribution < 1.29 is 27.0 Å². The summed E-state index contributed by atoms with van der Waals surface area (Å²) in [6, 6.07) is 5.35. The van der Waals surface area contributed by atoms with Crippen LogP contribution in [0.2, 0.25) is 0 Å². The number of phenols is 1. The molecule has 2 aliphatic rings. The van der Waals surface area contributed by atoms with Gasteiger partial charge in [0.15, 0.2) is 11.5 Å². The molecule has 0 saturated carbocycles. The molecule has 2 aliphatic heterocycles. The van der Waals surface area contributed by atoms with Crippen LogP contribution >= 0.6 is 11.8 Å². The Morgan fingerprint density at radius 1 is 1.25 bits per heavy atom. The van der Waals surface area contributed by atoms with Crippen LogP contribution in [0.1, 0.15) is 30.2 Å². The monoisotopic (exact) mass is 371 g/mol. The van der Waals surface area contributed by atoms with Gasteiger partial charge in [-0.05, 0) is 43.6 Å². The van der Waals surface area contributed by atoms with E-state index in [1.807, 2.05) is 17.0 Å². The second-order valence-electron chi connectivity index (χ2n) is 6.08. The summed E-state index contributed by atoms with van der Waals surface area (Å²) in [6.07, 6.45) is 3.85. The summed E-state index contributed by atoms with van der Waals surface area (Å²) in [5.41, 5.74) is 1.01. The third kappa shape index (κ3) is 4.29. The lowest BCUT2D eigenvalue weighted by Gasteiger charge is -2.30. The van der Waals surface area contributed by atoms with Crippen molar-refractivity contribution in [3.63, 3.8) is 0 Å². The predicted molar refractivity (Wildman–Crippen MR) is 91.9 cm³/mol. The molecule has 7 heteroatoms. The topological polar surface area (TPSA) is 53.0 Å². The number of thioether (sulfide) groups is 1. The Labute approximate surface area is 153 Å². The Morgan fingerprint density at radius 2 is 2.00 bits per heavy atom. The van der Waals surface area contributed by atoms with E-state index in [0.29, 0.717) is 11.5 Å². The first-order valence-electron chi connectivity index (χ1n) is 8.19. The van der Waals surface area contributed by atoms with E-state index in [2.05, 4.69) is 4.90 Å². The number of carbonyl (C=O) groups excluding carboxylic acids is 1. The van der Waals surface area contributed by atoms with E-state index in [0.717, 1.165) is 31.7 Å². The summed E-state index contributed by atoms with van der Waals surface area (Å²) in [5, 5.41) is 9.77. The van der Waals surface area contributed by atoms with Crippen LogP contribution in [0, 0.1) is 0 Å². The maximum atomic E-state index is 12.3. The molecule has 5 nitrogen and oxygen atoms in total. The average Bonchev–Trinajstić information content (AvgIpc) is 2.95. The number of amides is 1. The summed E-state index contributed by atoms with van der Waals surface area (Å²) >= 11 is 1.64. The van der Waals surface area contributed by atoms with Crippen molar-refractivity contribution in [3.05, 3.63) is 23.8 Å². The molecule has 1 atom stereocenters. The molecule has 1 unspecified atom stereocenters. The van der Waals surface area contributed by atoms with Gasteiger partial charge in [0.1, 0.15) is 5.37 Å². The number of hydrogen-bond acceptors (Lipinski definition) is 5. The van der Waals surface area contributed by atoms with Gasteiger partial charge in [0.05, 0.1) is 12.9 Å². The minimum Gasteiger partial charge on any atom is -1.00 e. The van der Waals surface area contributed by atoms with E-state index in [1.165, 1.54) is 19.3 Å². The maximum absolute atomic E-state index is 12.3. The average molecular weight is 372 g/mol. The smallest absolute Gasteiger partial charge is 0.233 e. The number of rotatable bonds is 5. The Kier molecular flexibility index (Phi) is 7.07. The van der Waals surface area contributed by atoms with Crippen LogP contribution < -0.4 is 17.1 Å². The van der Waals surface area contributed by atoms with Crippen LogP contribution in [0.3, 0.4) is 0 Å². The molecular formula is C17H24ClN2O3S-. The summed E-state index contributed by atoms with van der Waals surface area (Å²) in [7, 11) is 1.54. The Bertz CT molecular complexity index is 567. The largest absolute Gasteiger partial charge is 1.00 e. The van der Waals surface area contributed by atoms with Crippen LogP contribution in [-0.4, -0.2) is 59.9 Å². The van der Waals surface area contributed by atoms with E-state index in [4.69, 9.17) is 4.74 Å². The number of hydrogen-bond donors (Lipinski definition) is 1. The number of aromatic hydroxyl groups is 1. The molecule has 0 radical (unpaired) electrons. The van der Waals surface area contributed by atoms with E-state index in [1.54, 1.807) is 24.9 Å². The third-order valence-corrected chi connectivity index (χ3v) is 5.82. The Balaban J connectivity index is 0.00000208. The lowest BCUT2D eigenvalue weighted by atomic mass is 10.1. The molecule has 0 bridgehead atoms. The number of nitrogens with zero attached hydrogens (tertiary/aromatic N) is 2. The van der Waals surface area contributed by atoms with Crippen LogP contribution in [0.4, 0.5) is 0 Å². The van der Waals surface area contributed by atoms with E-state index >= 15 is 0 Å². The number of carbonyl (C=O) groups is 1. The maximum Gasteiger partial charge on any atom is 0.233 e. The fourth-order valence-electron chi connectivity index (χ4n) is 3.25. The summed E-state index contributed by atoms with van der Waals surface area (Å²) in [5.74, 6) is 1.31. The molecule has 134 valence electrons. The molecule has 1 amide bonds. The van der Waals surface area contributed by atoms with Crippen LogP contribution in [0.25, 0.3) is 0 Å². The molecule has 0 aliphatic carbocycles. The van der Waals surface area contributed by atoms with Gasteiger partial charge in [0.2, 0.25) is 5.91 Å². The Hall–Kier alpha value is -1.11. The molecule has 24 heavy (non-hydrogen) atoms. The number of ether oxygens (including phenoxy) is 1. The van der Waals surface area contributed by atoms with Crippen LogP contribution in [0.15, 0.2) is 18.2 Å². The fourth-order valence-corrected chi connectivity index (χ4v) is 4.46. The van der Waals surface area contributed by atoms with Crippen molar-refractivity contribution >= 4 is 17.7 Å². The van der Waals surface area contributed by atoms with Crippen molar-refractivity contribution in [3.8, 4) is 11.5 Å². The van der Waals surface area contributed by atoms with Crippen molar-refractivity contribution in [2.45, 2.75) is 24.6 Å². The van der Waals surface area contributed by atoms with Gasteiger partial charge in [0, 0.05) is 13.1 Å². The number of phenolic OH excluding ortho intramolecular Hbond substituents is 1. The summed E-state index contributed by atoms with van der Waals surface area (Å²) in [4.78, 5) is 16.7. The zero-order chi connectivity index (χ0) is 16.2. The van der Waals surface area contributed by atoms with Gasteiger partial charge in [-0.1, -0.05) is 12.5 Å². The third-order valence-electron chi connectivity index (χ3n) is 4.56. The van der Waals surface area contributed by atoms with E-state index < -0.39 is 0 Å². The molecule has 1 aromatic rings. The number of methoxy groups -OCH3 is 1. The van der Waals surface area contributed by atoms with Crippen LogP contribution in [-0.2, 0) is 4.79 Å². The first-order valence-corrected chi connectivity index (χ1v) is 9.24. The van der Waals surface area contributed by atoms with Gasteiger partial charge in [-0.3, -0.25) is 4.79 Å². The van der Waals surface area contributed by atoms with Crippen molar-refractivity contribution in [2.75, 3.05) is 39.0 Å². The molecule has 2 heterocycles. The lowest BCUT2D eigenvalue weighted by Crippen LogP contribution is -3.00. The van der Waals surface area contributed by atoms with Crippen LogP contribution in [0.5, 0.6) is 11.5 Å². The molecule has 1 aromatic carbocycles. The normalized spacial score (nSPS) is 21.6. The van der Waals surface area contributed by atoms with Gasteiger partial charge in [-0.2, -0.15) is 0 Å². The van der Waals surface area contributed by atoms with E-state index in [-0.39, 0.29) is 29.4 Å². The van der Waals surface area contributed by atoms with Crippen molar-refractivity contribution in [1.29, 1.82) is 0 Å². The van der Waals surface area contributed by atoms with E-state index in [9.17, 15) is 9.90 Å². The van der Waals surface area contributed by atoms with Gasteiger partial charge >= 0.3 is 0 Å². The van der Waals surface area contributed by atoms with Gasteiger partial charge < -0.3 is 32.1 Å². The summed E-state index contributed by atoms with van der Waals surface area (Å²) in [6.45, 7) is 4.00. The fraction of sp³-hybridized carbons (Fsp3) is 0.588.